The van der Waals surface area contributed by atoms with Crippen molar-refractivity contribution in [3.63, 3.8) is 0 Å². The molecule has 3 aromatic carbocycles. The molecule has 0 N–H and O–H groups in total. The normalized spacial score (nSPS) is 16.6. The lowest BCUT2D eigenvalue weighted by Crippen LogP contribution is -2.48. The Labute approximate surface area is 206 Å². The van der Waals surface area contributed by atoms with Gasteiger partial charge in [-0.3, -0.25) is 4.79 Å². The fourth-order valence-electron chi connectivity index (χ4n) is 4.84. The highest BCUT2D eigenvalue weighted by Gasteiger charge is 2.30. The van der Waals surface area contributed by atoms with Gasteiger partial charge in [0, 0.05) is 44.8 Å². The quantitative estimate of drug-likeness (QED) is 0.547. The van der Waals surface area contributed by atoms with E-state index in [1.807, 2.05) is 48.5 Å². The minimum absolute atomic E-state index is 0.147. The molecular weight excluding hydrogens is 462 g/mol. The molecule has 0 bridgehead atoms. The van der Waals surface area contributed by atoms with Gasteiger partial charge in [-0.1, -0.05) is 42.5 Å². The number of benzene rings is 3. The zero-order valence-corrected chi connectivity index (χ0v) is 20.6. The van der Waals surface area contributed by atoms with Crippen LogP contribution < -0.4 is 9.64 Å². The number of methoxy groups -OCH3 is 1. The van der Waals surface area contributed by atoms with E-state index in [1.165, 1.54) is 15.9 Å². The Morgan fingerprint density at radius 1 is 0.829 bits per heavy atom. The molecule has 2 heterocycles. The van der Waals surface area contributed by atoms with Crippen LogP contribution in [0.5, 0.6) is 5.75 Å². The van der Waals surface area contributed by atoms with E-state index < -0.39 is 10.0 Å². The van der Waals surface area contributed by atoms with Crippen LogP contribution in [-0.2, 0) is 23.0 Å². The largest absolute Gasteiger partial charge is 0.495 e. The van der Waals surface area contributed by atoms with E-state index >= 15 is 0 Å². The van der Waals surface area contributed by atoms with Crippen molar-refractivity contribution in [2.24, 2.45) is 0 Å². The molecule has 2 aliphatic rings. The second-order valence-electron chi connectivity index (χ2n) is 8.84. The summed E-state index contributed by atoms with van der Waals surface area (Å²) in [5, 5.41) is 0. The van der Waals surface area contributed by atoms with E-state index in [1.54, 1.807) is 30.2 Å². The molecular formula is C27H29N3O4S. The van der Waals surface area contributed by atoms with Gasteiger partial charge in [-0.2, -0.15) is 4.31 Å². The number of fused-ring (bicyclic) bond motifs is 1. The van der Waals surface area contributed by atoms with Gasteiger partial charge in [0.15, 0.2) is 0 Å². The van der Waals surface area contributed by atoms with Crippen molar-refractivity contribution in [3.8, 4) is 5.75 Å². The summed E-state index contributed by atoms with van der Waals surface area (Å²) in [4.78, 5) is 17.4. The van der Waals surface area contributed by atoms with Crippen molar-refractivity contribution in [2.45, 2.75) is 17.9 Å². The van der Waals surface area contributed by atoms with Crippen LogP contribution in [0, 0.1) is 0 Å². The number of para-hydroxylation sites is 2. The summed E-state index contributed by atoms with van der Waals surface area (Å²) in [6, 6.07) is 22.2. The Bertz CT molecular complexity index is 1330. The summed E-state index contributed by atoms with van der Waals surface area (Å²) in [5.74, 6) is 0.663. The average Bonchev–Trinajstić information content (AvgIpc) is 2.92. The van der Waals surface area contributed by atoms with Gasteiger partial charge in [-0.15, -0.1) is 0 Å². The standard InChI is InChI=1S/C27H29N3O4S/c1-34-26-12-5-4-11-25(26)28-15-17-29(18-16-28)27(31)22-9-6-10-24(19-22)35(32,33)30-14-13-21-7-2-3-8-23(21)20-30/h2-12,19H,13-18,20H2,1H3. The summed E-state index contributed by atoms with van der Waals surface area (Å²) in [6.07, 6.45) is 0.685. The Balaban J connectivity index is 1.29. The van der Waals surface area contributed by atoms with E-state index in [0.717, 1.165) is 17.0 Å². The van der Waals surface area contributed by atoms with Gasteiger partial charge in [0.1, 0.15) is 5.75 Å². The molecule has 0 aliphatic carbocycles. The highest BCUT2D eigenvalue weighted by atomic mass is 32.2. The molecule has 8 heteroatoms. The van der Waals surface area contributed by atoms with Crippen molar-refractivity contribution >= 4 is 21.6 Å². The number of carbonyl (C=O) groups is 1. The first kappa shape index (κ1) is 23.4. The number of nitrogens with zero attached hydrogens (tertiary/aromatic N) is 3. The Kier molecular flexibility index (Phi) is 6.49. The van der Waals surface area contributed by atoms with Crippen LogP contribution in [0.2, 0.25) is 0 Å². The first-order chi connectivity index (χ1) is 17.0. The van der Waals surface area contributed by atoms with Gasteiger partial charge in [-0.25, -0.2) is 8.42 Å². The molecule has 1 amide bonds. The number of amides is 1. The van der Waals surface area contributed by atoms with Gasteiger partial charge in [0.05, 0.1) is 17.7 Å². The van der Waals surface area contributed by atoms with E-state index in [9.17, 15) is 13.2 Å². The number of rotatable bonds is 5. The summed E-state index contributed by atoms with van der Waals surface area (Å²) in [5.41, 5.74) is 3.63. The van der Waals surface area contributed by atoms with Crippen molar-refractivity contribution in [1.82, 2.24) is 9.21 Å². The summed E-state index contributed by atoms with van der Waals surface area (Å²) < 4.78 is 33.8. The van der Waals surface area contributed by atoms with Crippen LogP contribution in [0.25, 0.3) is 0 Å². The monoisotopic (exact) mass is 491 g/mol. The molecule has 1 saturated heterocycles. The minimum Gasteiger partial charge on any atom is -0.495 e. The third kappa shape index (κ3) is 4.63. The zero-order chi connectivity index (χ0) is 24.4. The second kappa shape index (κ2) is 9.71. The lowest BCUT2D eigenvalue weighted by atomic mass is 10.0. The predicted octanol–water partition coefficient (Wildman–Crippen LogP) is 3.40. The Morgan fingerprint density at radius 2 is 1.54 bits per heavy atom. The van der Waals surface area contributed by atoms with Gasteiger partial charge in [0.25, 0.3) is 5.91 Å². The third-order valence-electron chi connectivity index (χ3n) is 6.81. The lowest BCUT2D eigenvalue weighted by molar-refractivity contribution is 0.0746. The molecule has 0 atom stereocenters. The first-order valence-electron chi connectivity index (χ1n) is 11.8. The summed E-state index contributed by atoms with van der Waals surface area (Å²) >= 11 is 0. The topological polar surface area (TPSA) is 70.2 Å². The number of hydrogen-bond acceptors (Lipinski definition) is 5. The molecule has 182 valence electrons. The Hall–Kier alpha value is -3.36. The molecule has 5 rings (SSSR count). The van der Waals surface area contributed by atoms with Gasteiger partial charge >= 0.3 is 0 Å². The van der Waals surface area contributed by atoms with Crippen LogP contribution in [0.3, 0.4) is 0 Å². The molecule has 35 heavy (non-hydrogen) atoms. The van der Waals surface area contributed by atoms with E-state index in [-0.39, 0.29) is 10.8 Å². The van der Waals surface area contributed by atoms with Gasteiger partial charge in [0.2, 0.25) is 10.0 Å². The summed E-state index contributed by atoms with van der Waals surface area (Å²) in [7, 11) is -2.05. The van der Waals surface area contributed by atoms with Crippen molar-refractivity contribution in [2.75, 3.05) is 44.7 Å². The molecule has 0 radical (unpaired) electrons. The fourth-order valence-corrected chi connectivity index (χ4v) is 6.30. The lowest BCUT2D eigenvalue weighted by Gasteiger charge is -2.36. The van der Waals surface area contributed by atoms with E-state index in [0.29, 0.717) is 51.3 Å². The maximum atomic E-state index is 13.4. The van der Waals surface area contributed by atoms with Crippen LogP contribution in [0.4, 0.5) is 5.69 Å². The van der Waals surface area contributed by atoms with E-state index in [4.69, 9.17) is 4.74 Å². The SMILES string of the molecule is COc1ccccc1N1CCN(C(=O)c2cccc(S(=O)(=O)N3CCc4ccccc4C3)c2)CC1. The second-order valence-corrected chi connectivity index (χ2v) is 10.8. The molecule has 0 saturated carbocycles. The van der Waals surface area contributed by atoms with Crippen LogP contribution in [0.15, 0.2) is 77.7 Å². The predicted molar refractivity (Wildman–Crippen MR) is 135 cm³/mol. The maximum absolute atomic E-state index is 13.4. The zero-order valence-electron chi connectivity index (χ0n) is 19.8. The number of piperazine rings is 1. The highest BCUT2D eigenvalue weighted by Crippen LogP contribution is 2.29. The number of carbonyl (C=O) groups excluding carboxylic acids is 1. The van der Waals surface area contributed by atoms with E-state index in [2.05, 4.69) is 4.90 Å². The number of hydrogen-bond donors (Lipinski definition) is 0. The maximum Gasteiger partial charge on any atom is 0.254 e. The van der Waals surface area contributed by atoms with Gasteiger partial charge in [-0.05, 0) is 47.9 Å². The smallest absolute Gasteiger partial charge is 0.254 e. The molecule has 7 nitrogen and oxygen atoms in total. The molecule has 3 aromatic rings. The van der Waals surface area contributed by atoms with Crippen molar-refractivity contribution < 1.29 is 17.9 Å². The van der Waals surface area contributed by atoms with Crippen LogP contribution in [-0.4, -0.2) is 63.4 Å². The average molecular weight is 492 g/mol. The minimum atomic E-state index is -3.70. The van der Waals surface area contributed by atoms with Crippen LogP contribution >= 0.6 is 0 Å². The molecule has 0 unspecified atom stereocenters. The molecule has 0 spiro atoms. The molecule has 2 aliphatic heterocycles. The third-order valence-corrected chi connectivity index (χ3v) is 8.65. The summed E-state index contributed by atoms with van der Waals surface area (Å²) in [6.45, 7) is 3.24. The number of ether oxygens (including phenoxy) is 1. The van der Waals surface area contributed by atoms with Gasteiger partial charge < -0.3 is 14.5 Å². The molecule has 1 fully saturated rings. The van der Waals surface area contributed by atoms with Crippen LogP contribution in [0.1, 0.15) is 21.5 Å². The number of anilines is 1. The first-order valence-corrected chi connectivity index (χ1v) is 13.3. The van der Waals surface area contributed by atoms with Crippen molar-refractivity contribution in [3.05, 3.63) is 89.5 Å². The highest BCUT2D eigenvalue weighted by molar-refractivity contribution is 7.89. The van der Waals surface area contributed by atoms with Crippen molar-refractivity contribution in [1.29, 1.82) is 0 Å². The molecule has 0 aromatic heterocycles. The fraction of sp³-hybridized carbons (Fsp3) is 0.296. The number of sulfonamides is 1. The Morgan fingerprint density at radius 3 is 2.31 bits per heavy atom.